The summed E-state index contributed by atoms with van der Waals surface area (Å²) in [5.41, 5.74) is 1.61. The van der Waals surface area contributed by atoms with E-state index in [1.54, 1.807) is 6.07 Å². The maximum atomic E-state index is 10.4. The number of hydrogen-bond donors (Lipinski definition) is 1. The highest BCUT2D eigenvalue weighted by Crippen LogP contribution is 2.20. The Morgan fingerprint density at radius 3 is 2.81 bits per heavy atom. The Labute approximate surface area is 95.1 Å². The van der Waals surface area contributed by atoms with Gasteiger partial charge in [0.15, 0.2) is 0 Å². The molecular formula is C13H14O3. The first kappa shape index (κ1) is 12.3. The van der Waals surface area contributed by atoms with Gasteiger partial charge in [-0.3, -0.25) is 0 Å². The zero-order valence-electron chi connectivity index (χ0n) is 9.36. The van der Waals surface area contributed by atoms with Gasteiger partial charge in [-0.15, -0.1) is 0 Å². The van der Waals surface area contributed by atoms with E-state index < -0.39 is 5.97 Å². The highest BCUT2D eigenvalue weighted by molar-refractivity contribution is 5.87. The minimum atomic E-state index is -1.13. The maximum Gasteiger partial charge on any atom is 0.382 e. The molecule has 0 fully saturated rings. The molecule has 0 amide bonds. The lowest BCUT2D eigenvalue weighted by atomic mass is 10.0. The molecule has 0 aromatic heterocycles. The molecule has 0 heterocycles. The van der Waals surface area contributed by atoms with E-state index in [1.807, 2.05) is 32.0 Å². The predicted molar refractivity (Wildman–Crippen MR) is 61.0 cm³/mol. The molecule has 0 aliphatic heterocycles. The van der Waals surface area contributed by atoms with E-state index in [9.17, 15) is 4.79 Å². The molecule has 1 rings (SSSR count). The van der Waals surface area contributed by atoms with Gasteiger partial charge in [-0.05, 0) is 25.5 Å². The monoisotopic (exact) mass is 218 g/mol. The Hall–Kier alpha value is -1.79. The van der Waals surface area contributed by atoms with Gasteiger partial charge in [0.2, 0.25) is 0 Å². The van der Waals surface area contributed by atoms with Gasteiger partial charge in [-0.1, -0.05) is 24.1 Å². The molecule has 0 saturated heterocycles. The van der Waals surface area contributed by atoms with E-state index in [2.05, 4.69) is 11.8 Å². The average Bonchev–Trinajstić information content (AvgIpc) is 2.27. The van der Waals surface area contributed by atoms with Crippen LogP contribution in [0.2, 0.25) is 0 Å². The van der Waals surface area contributed by atoms with Crippen molar-refractivity contribution in [1.29, 1.82) is 0 Å². The summed E-state index contributed by atoms with van der Waals surface area (Å²) in [4.78, 5) is 10.4. The Balaban J connectivity index is 3.01. The number of aliphatic carboxylic acids is 1. The molecule has 16 heavy (non-hydrogen) atoms. The third-order valence-corrected chi connectivity index (χ3v) is 2.12. The lowest BCUT2D eigenvalue weighted by molar-refractivity contribution is -0.130. The Morgan fingerprint density at radius 2 is 2.19 bits per heavy atom. The number of hydrogen-bond acceptors (Lipinski definition) is 2. The minimum absolute atomic E-state index is 0.0794. The third-order valence-electron chi connectivity index (χ3n) is 2.12. The van der Waals surface area contributed by atoms with Crippen LogP contribution in [0, 0.1) is 11.8 Å². The van der Waals surface area contributed by atoms with Gasteiger partial charge in [0, 0.05) is 18.1 Å². The molecule has 0 bridgehead atoms. The smallest absolute Gasteiger partial charge is 0.382 e. The summed E-state index contributed by atoms with van der Waals surface area (Å²) in [5, 5.41) is 8.50. The highest BCUT2D eigenvalue weighted by Gasteiger charge is 2.08. The van der Waals surface area contributed by atoms with Gasteiger partial charge < -0.3 is 9.84 Å². The molecule has 1 N–H and O–H groups in total. The van der Waals surface area contributed by atoms with Gasteiger partial charge in [0.05, 0.1) is 6.10 Å². The number of rotatable bonds is 3. The van der Waals surface area contributed by atoms with Crippen LogP contribution in [0.3, 0.4) is 0 Å². The van der Waals surface area contributed by atoms with Crippen LogP contribution in [0.5, 0.6) is 0 Å². The highest BCUT2D eigenvalue weighted by atomic mass is 16.5. The molecule has 0 aliphatic rings. The molecule has 1 unspecified atom stereocenters. The van der Waals surface area contributed by atoms with Crippen LogP contribution in [0.15, 0.2) is 24.3 Å². The van der Waals surface area contributed by atoms with Crippen LogP contribution in [-0.2, 0) is 9.53 Å². The molecule has 1 atom stereocenters. The lowest BCUT2D eigenvalue weighted by Gasteiger charge is -2.13. The molecule has 1 aromatic rings. The Morgan fingerprint density at radius 1 is 1.50 bits per heavy atom. The van der Waals surface area contributed by atoms with Crippen LogP contribution in [0.25, 0.3) is 0 Å². The molecule has 0 aliphatic carbocycles. The molecule has 1 aromatic carbocycles. The minimum Gasteiger partial charge on any atom is -0.472 e. The first-order chi connectivity index (χ1) is 7.65. The normalized spacial score (nSPS) is 11.4. The fourth-order valence-corrected chi connectivity index (χ4v) is 1.43. The molecule has 0 saturated carbocycles. The van der Waals surface area contributed by atoms with E-state index >= 15 is 0 Å². The van der Waals surface area contributed by atoms with Crippen molar-refractivity contribution < 1.29 is 14.6 Å². The lowest BCUT2D eigenvalue weighted by Crippen LogP contribution is -2.02. The second-order valence-corrected chi connectivity index (χ2v) is 3.24. The second kappa shape index (κ2) is 5.94. The quantitative estimate of drug-likeness (QED) is 0.791. The number of carboxylic acid groups (broad SMARTS) is 1. The van der Waals surface area contributed by atoms with Crippen molar-refractivity contribution in [1.82, 2.24) is 0 Å². The van der Waals surface area contributed by atoms with Crippen LogP contribution in [0.4, 0.5) is 0 Å². The fraction of sp³-hybridized carbons (Fsp3) is 0.308. The summed E-state index contributed by atoms with van der Waals surface area (Å²) in [6.07, 6.45) is -0.0794. The van der Waals surface area contributed by atoms with Crippen molar-refractivity contribution in [2.75, 3.05) is 6.61 Å². The summed E-state index contributed by atoms with van der Waals surface area (Å²) in [7, 11) is 0. The SMILES string of the molecule is CCOC(C)c1ccccc1C#CC(=O)O. The van der Waals surface area contributed by atoms with E-state index in [1.165, 1.54) is 0 Å². The van der Waals surface area contributed by atoms with E-state index in [0.717, 1.165) is 5.56 Å². The number of carbonyl (C=O) groups is 1. The first-order valence-corrected chi connectivity index (χ1v) is 5.10. The van der Waals surface area contributed by atoms with Crippen LogP contribution < -0.4 is 0 Å². The summed E-state index contributed by atoms with van der Waals surface area (Å²) >= 11 is 0. The fourth-order valence-electron chi connectivity index (χ4n) is 1.43. The van der Waals surface area contributed by atoms with E-state index in [4.69, 9.17) is 9.84 Å². The molecule has 84 valence electrons. The summed E-state index contributed by atoms with van der Waals surface area (Å²) in [5.74, 6) is 3.61. The van der Waals surface area contributed by atoms with E-state index in [0.29, 0.717) is 12.2 Å². The molecule has 0 spiro atoms. The van der Waals surface area contributed by atoms with Crippen LogP contribution in [0.1, 0.15) is 31.1 Å². The summed E-state index contributed by atoms with van der Waals surface area (Å²) < 4.78 is 5.46. The van der Waals surface area contributed by atoms with Gasteiger partial charge in [0.25, 0.3) is 0 Å². The number of ether oxygens (including phenoxy) is 1. The third kappa shape index (κ3) is 3.41. The first-order valence-electron chi connectivity index (χ1n) is 5.10. The van der Waals surface area contributed by atoms with E-state index in [-0.39, 0.29) is 6.10 Å². The average molecular weight is 218 g/mol. The second-order valence-electron chi connectivity index (χ2n) is 3.24. The van der Waals surface area contributed by atoms with Gasteiger partial charge in [0.1, 0.15) is 0 Å². The van der Waals surface area contributed by atoms with Crippen molar-refractivity contribution in [3.05, 3.63) is 35.4 Å². The van der Waals surface area contributed by atoms with Crippen molar-refractivity contribution >= 4 is 5.97 Å². The predicted octanol–water partition coefficient (Wildman–Crippen LogP) is 2.22. The standard InChI is InChI=1S/C13H14O3/c1-3-16-10(2)12-7-5-4-6-11(12)8-9-13(14)15/h4-7,10H,3H2,1-2H3,(H,14,15). The largest absolute Gasteiger partial charge is 0.472 e. The van der Waals surface area contributed by atoms with Crippen molar-refractivity contribution in [2.24, 2.45) is 0 Å². The zero-order valence-corrected chi connectivity index (χ0v) is 9.36. The summed E-state index contributed by atoms with van der Waals surface area (Å²) in [6, 6.07) is 7.40. The number of carboxylic acids is 1. The number of benzene rings is 1. The zero-order chi connectivity index (χ0) is 12.0. The molecule has 0 radical (unpaired) electrons. The maximum absolute atomic E-state index is 10.4. The molecule has 3 heteroatoms. The molecular weight excluding hydrogens is 204 g/mol. The van der Waals surface area contributed by atoms with Crippen LogP contribution >= 0.6 is 0 Å². The topological polar surface area (TPSA) is 46.5 Å². The van der Waals surface area contributed by atoms with Gasteiger partial charge >= 0.3 is 5.97 Å². The van der Waals surface area contributed by atoms with Crippen molar-refractivity contribution in [2.45, 2.75) is 20.0 Å². The van der Waals surface area contributed by atoms with Crippen molar-refractivity contribution in [3.8, 4) is 11.8 Å². The summed E-state index contributed by atoms with van der Waals surface area (Å²) in [6.45, 7) is 4.45. The van der Waals surface area contributed by atoms with Gasteiger partial charge in [-0.2, -0.15) is 0 Å². The van der Waals surface area contributed by atoms with Crippen molar-refractivity contribution in [3.63, 3.8) is 0 Å². The Kier molecular flexibility index (Phi) is 4.56. The molecule has 3 nitrogen and oxygen atoms in total. The van der Waals surface area contributed by atoms with Gasteiger partial charge in [-0.25, -0.2) is 4.79 Å². The van der Waals surface area contributed by atoms with Crippen LogP contribution in [-0.4, -0.2) is 17.7 Å². The Bertz CT molecular complexity index is 426.